The van der Waals surface area contributed by atoms with Crippen molar-refractivity contribution in [2.45, 2.75) is 32.0 Å². The first-order chi connectivity index (χ1) is 8.26. The standard InChI is InChI=1S/C14H16N2O/c1-10-6-12(3-2-11(10)7-15)16-8-13-4-5-14(9-16)17-13/h2-3,6,13-14H,4-5,8-9H2,1H3. The number of rotatable bonds is 1. The van der Waals surface area contributed by atoms with E-state index < -0.39 is 0 Å². The lowest BCUT2D eigenvalue weighted by Gasteiger charge is -2.34. The summed E-state index contributed by atoms with van der Waals surface area (Å²) in [6.45, 7) is 3.97. The number of benzene rings is 1. The molecule has 3 nitrogen and oxygen atoms in total. The molecule has 0 saturated carbocycles. The normalized spacial score (nSPS) is 26.9. The molecule has 1 aromatic carbocycles. The van der Waals surface area contributed by atoms with Gasteiger partial charge in [0.2, 0.25) is 0 Å². The molecule has 2 aliphatic rings. The molecule has 0 aliphatic carbocycles. The highest BCUT2D eigenvalue weighted by Gasteiger charge is 2.33. The van der Waals surface area contributed by atoms with Gasteiger partial charge in [-0.2, -0.15) is 5.26 Å². The third-order valence-electron chi connectivity index (χ3n) is 3.74. The molecule has 2 atom stereocenters. The Labute approximate surface area is 102 Å². The predicted octanol–water partition coefficient (Wildman–Crippen LogP) is 2.23. The Balaban J connectivity index is 1.85. The van der Waals surface area contributed by atoms with Crippen LogP contribution >= 0.6 is 0 Å². The van der Waals surface area contributed by atoms with Crippen LogP contribution in [0.1, 0.15) is 24.0 Å². The van der Waals surface area contributed by atoms with E-state index in [9.17, 15) is 0 Å². The maximum Gasteiger partial charge on any atom is 0.0994 e. The molecule has 0 spiro atoms. The molecule has 2 aliphatic heterocycles. The van der Waals surface area contributed by atoms with Crippen molar-refractivity contribution in [1.82, 2.24) is 0 Å². The van der Waals surface area contributed by atoms with Gasteiger partial charge < -0.3 is 9.64 Å². The Morgan fingerprint density at radius 2 is 2.00 bits per heavy atom. The molecule has 3 rings (SSSR count). The number of anilines is 1. The maximum atomic E-state index is 8.93. The largest absolute Gasteiger partial charge is 0.371 e. The maximum absolute atomic E-state index is 8.93. The van der Waals surface area contributed by atoms with Crippen LogP contribution in [0.2, 0.25) is 0 Å². The number of nitrogens with zero attached hydrogens (tertiary/aromatic N) is 2. The van der Waals surface area contributed by atoms with Gasteiger partial charge in [0.15, 0.2) is 0 Å². The van der Waals surface area contributed by atoms with Crippen LogP contribution in [-0.2, 0) is 4.74 Å². The minimum atomic E-state index is 0.407. The van der Waals surface area contributed by atoms with E-state index in [-0.39, 0.29) is 0 Å². The van der Waals surface area contributed by atoms with Gasteiger partial charge in [0.05, 0.1) is 23.8 Å². The lowest BCUT2D eigenvalue weighted by Crippen LogP contribution is -2.42. The first kappa shape index (κ1) is 10.6. The molecule has 2 heterocycles. The van der Waals surface area contributed by atoms with E-state index >= 15 is 0 Å². The molecule has 2 unspecified atom stereocenters. The molecule has 1 aromatic rings. The summed E-state index contributed by atoms with van der Waals surface area (Å²) in [7, 11) is 0. The second-order valence-corrected chi connectivity index (χ2v) is 4.97. The molecule has 0 radical (unpaired) electrons. The molecular formula is C14H16N2O. The van der Waals surface area contributed by atoms with Crippen molar-refractivity contribution in [3.8, 4) is 6.07 Å². The smallest absolute Gasteiger partial charge is 0.0994 e. The monoisotopic (exact) mass is 228 g/mol. The van der Waals surface area contributed by atoms with Crippen LogP contribution in [0.4, 0.5) is 5.69 Å². The van der Waals surface area contributed by atoms with Crippen molar-refractivity contribution in [2.24, 2.45) is 0 Å². The highest BCUT2D eigenvalue weighted by Crippen LogP contribution is 2.30. The van der Waals surface area contributed by atoms with Crippen molar-refractivity contribution < 1.29 is 4.74 Å². The summed E-state index contributed by atoms with van der Waals surface area (Å²) >= 11 is 0. The minimum absolute atomic E-state index is 0.407. The fourth-order valence-corrected chi connectivity index (χ4v) is 2.80. The number of morpholine rings is 1. The second kappa shape index (κ2) is 4.05. The van der Waals surface area contributed by atoms with Gasteiger partial charge >= 0.3 is 0 Å². The topological polar surface area (TPSA) is 36.3 Å². The van der Waals surface area contributed by atoms with Crippen molar-refractivity contribution in [2.75, 3.05) is 18.0 Å². The first-order valence-electron chi connectivity index (χ1n) is 6.17. The van der Waals surface area contributed by atoms with Gasteiger partial charge in [0.25, 0.3) is 0 Å². The van der Waals surface area contributed by atoms with Crippen molar-refractivity contribution in [3.63, 3.8) is 0 Å². The Hall–Kier alpha value is -1.53. The van der Waals surface area contributed by atoms with E-state index in [4.69, 9.17) is 10.00 Å². The van der Waals surface area contributed by atoms with Crippen LogP contribution in [0.15, 0.2) is 18.2 Å². The zero-order valence-corrected chi connectivity index (χ0v) is 10.0. The van der Waals surface area contributed by atoms with Crippen LogP contribution < -0.4 is 4.90 Å². The molecule has 2 saturated heterocycles. The van der Waals surface area contributed by atoms with Gasteiger partial charge in [-0.25, -0.2) is 0 Å². The number of fused-ring (bicyclic) bond motifs is 2. The van der Waals surface area contributed by atoms with E-state index in [1.165, 1.54) is 18.5 Å². The number of hydrogen-bond acceptors (Lipinski definition) is 3. The van der Waals surface area contributed by atoms with Gasteiger partial charge in [-0.05, 0) is 43.5 Å². The van der Waals surface area contributed by atoms with Crippen molar-refractivity contribution in [1.29, 1.82) is 5.26 Å². The Kier molecular flexibility index (Phi) is 2.53. The molecule has 0 aromatic heterocycles. The molecular weight excluding hydrogens is 212 g/mol. The summed E-state index contributed by atoms with van der Waals surface area (Å²) in [4.78, 5) is 2.39. The minimum Gasteiger partial charge on any atom is -0.371 e. The van der Waals surface area contributed by atoms with Crippen molar-refractivity contribution in [3.05, 3.63) is 29.3 Å². The number of ether oxygens (including phenoxy) is 1. The zero-order chi connectivity index (χ0) is 11.8. The molecule has 3 heteroatoms. The summed E-state index contributed by atoms with van der Waals surface area (Å²) in [5.41, 5.74) is 3.05. The highest BCUT2D eigenvalue weighted by molar-refractivity contribution is 5.54. The fourth-order valence-electron chi connectivity index (χ4n) is 2.80. The zero-order valence-electron chi connectivity index (χ0n) is 10.0. The quantitative estimate of drug-likeness (QED) is 0.739. The molecule has 0 N–H and O–H groups in total. The average Bonchev–Trinajstić information content (AvgIpc) is 2.68. The van der Waals surface area contributed by atoms with E-state index in [1.807, 2.05) is 13.0 Å². The first-order valence-corrected chi connectivity index (χ1v) is 6.17. The third-order valence-corrected chi connectivity index (χ3v) is 3.74. The summed E-state index contributed by atoms with van der Waals surface area (Å²) in [5.74, 6) is 0. The van der Waals surface area contributed by atoms with E-state index in [1.54, 1.807) is 0 Å². The second-order valence-electron chi connectivity index (χ2n) is 4.97. The highest BCUT2D eigenvalue weighted by atomic mass is 16.5. The Bertz CT molecular complexity index is 466. The van der Waals surface area contributed by atoms with Crippen LogP contribution in [0.5, 0.6) is 0 Å². The van der Waals surface area contributed by atoms with E-state index in [0.29, 0.717) is 12.2 Å². The van der Waals surface area contributed by atoms with Gasteiger partial charge in [0.1, 0.15) is 0 Å². The Morgan fingerprint density at radius 1 is 1.29 bits per heavy atom. The van der Waals surface area contributed by atoms with Crippen LogP contribution in [-0.4, -0.2) is 25.3 Å². The molecule has 17 heavy (non-hydrogen) atoms. The lowest BCUT2D eigenvalue weighted by molar-refractivity contribution is 0.0305. The Morgan fingerprint density at radius 3 is 2.59 bits per heavy atom. The molecule has 2 bridgehead atoms. The van der Waals surface area contributed by atoms with Gasteiger partial charge in [0, 0.05) is 18.8 Å². The molecule has 0 amide bonds. The SMILES string of the molecule is Cc1cc(N2CC3CCC(C2)O3)ccc1C#N. The lowest BCUT2D eigenvalue weighted by atomic mass is 10.1. The number of aryl methyl sites for hydroxylation is 1. The third kappa shape index (κ3) is 1.89. The van der Waals surface area contributed by atoms with Gasteiger partial charge in [-0.15, -0.1) is 0 Å². The van der Waals surface area contributed by atoms with Crippen molar-refractivity contribution >= 4 is 5.69 Å². The van der Waals surface area contributed by atoms with E-state index in [2.05, 4.69) is 23.1 Å². The number of hydrogen-bond donors (Lipinski definition) is 0. The number of nitriles is 1. The van der Waals surface area contributed by atoms with E-state index in [0.717, 1.165) is 24.2 Å². The average molecular weight is 228 g/mol. The van der Waals surface area contributed by atoms with Gasteiger partial charge in [-0.3, -0.25) is 0 Å². The fraction of sp³-hybridized carbons (Fsp3) is 0.500. The predicted molar refractivity (Wildman–Crippen MR) is 66.0 cm³/mol. The summed E-state index contributed by atoms with van der Waals surface area (Å²) in [5, 5.41) is 8.93. The van der Waals surface area contributed by atoms with Gasteiger partial charge in [-0.1, -0.05) is 0 Å². The molecule has 88 valence electrons. The summed E-state index contributed by atoms with van der Waals surface area (Å²) < 4.78 is 5.83. The van der Waals surface area contributed by atoms with Crippen LogP contribution in [0, 0.1) is 18.3 Å². The van der Waals surface area contributed by atoms with Crippen LogP contribution in [0.25, 0.3) is 0 Å². The summed E-state index contributed by atoms with van der Waals surface area (Å²) in [6, 6.07) is 8.30. The summed E-state index contributed by atoms with van der Waals surface area (Å²) in [6.07, 6.45) is 3.20. The van der Waals surface area contributed by atoms with Crippen LogP contribution in [0.3, 0.4) is 0 Å². The molecule has 2 fully saturated rings.